The van der Waals surface area contributed by atoms with Crippen LogP contribution in [0.4, 0.5) is 5.69 Å². The van der Waals surface area contributed by atoms with Gasteiger partial charge >= 0.3 is 0 Å². The van der Waals surface area contributed by atoms with E-state index in [2.05, 4.69) is 44.0 Å². The Balaban J connectivity index is 1.79. The third kappa shape index (κ3) is 7.14. The normalized spacial score (nSPS) is 32.9. The number of hydrogen-bond donors (Lipinski definition) is 9. The molecule has 9 heteroatoms. The Morgan fingerprint density at radius 2 is 1.17 bits per heavy atom. The van der Waals surface area contributed by atoms with E-state index in [0.29, 0.717) is 0 Å². The van der Waals surface area contributed by atoms with Crippen LogP contribution in [-0.2, 0) is 6.42 Å². The van der Waals surface area contributed by atoms with Gasteiger partial charge in [0.05, 0.1) is 11.1 Å². The summed E-state index contributed by atoms with van der Waals surface area (Å²) < 4.78 is 0. The van der Waals surface area contributed by atoms with Crippen LogP contribution in [0.1, 0.15) is 5.56 Å². The fraction of sp³-hybridized carbons (Fsp3) is 0.714. The number of nitrogens with two attached hydrogens (primary N) is 3. The third-order valence-corrected chi connectivity index (χ3v) is 6.10. The molecule has 1 aromatic rings. The van der Waals surface area contributed by atoms with Gasteiger partial charge in [0.2, 0.25) is 0 Å². The number of benzene rings is 1. The van der Waals surface area contributed by atoms with Crippen molar-refractivity contribution in [3.05, 3.63) is 29.8 Å². The van der Waals surface area contributed by atoms with E-state index in [1.54, 1.807) is 0 Å². The van der Waals surface area contributed by atoms with E-state index in [9.17, 15) is 0 Å². The monoisotopic (exact) mass is 419 g/mol. The zero-order chi connectivity index (χ0) is 21.3. The molecule has 170 valence electrons. The van der Waals surface area contributed by atoms with Gasteiger partial charge in [-0.15, -0.1) is 0 Å². The highest BCUT2D eigenvalue weighted by atomic mass is 15.1. The fourth-order valence-electron chi connectivity index (χ4n) is 4.21. The average molecular weight is 420 g/mol. The second-order valence-corrected chi connectivity index (χ2v) is 8.93. The van der Waals surface area contributed by atoms with Crippen LogP contribution in [0, 0.1) is 0 Å². The third-order valence-electron chi connectivity index (χ3n) is 6.10. The molecule has 0 saturated carbocycles. The fourth-order valence-corrected chi connectivity index (χ4v) is 4.21. The standard InChI is InChI=1S/C21H41N9/c22-18-3-1-17(2-4-18)11-19-21(24)15-28-7-5-25-12-20(23,14-27-9-10-30-19)13-26-6-8-29-16-21/h1-4,19,25-30H,5-16,22-24H2. The van der Waals surface area contributed by atoms with Gasteiger partial charge in [0.1, 0.15) is 0 Å². The second kappa shape index (κ2) is 11.4. The van der Waals surface area contributed by atoms with Crippen molar-refractivity contribution in [1.82, 2.24) is 31.9 Å². The minimum absolute atomic E-state index is 0.109. The Morgan fingerprint density at radius 1 is 0.700 bits per heavy atom. The highest BCUT2D eigenvalue weighted by Gasteiger charge is 2.34. The summed E-state index contributed by atoms with van der Waals surface area (Å²) in [6, 6.07) is 8.21. The molecule has 0 spiro atoms. The summed E-state index contributed by atoms with van der Waals surface area (Å²) in [5.41, 5.74) is 20.9. The van der Waals surface area contributed by atoms with Gasteiger partial charge in [-0.05, 0) is 24.1 Å². The van der Waals surface area contributed by atoms with Crippen LogP contribution in [-0.4, -0.2) is 89.1 Å². The molecular weight excluding hydrogens is 378 g/mol. The van der Waals surface area contributed by atoms with Crippen LogP contribution in [0.15, 0.2) is 24.3 Å². The summed E-state index contributed by atoms with van der Waals surface area (Å²) in [5.74, 6) is 0. The largest absolute Gasteiger partial charge is 0.399 e. The molecule has 1 aromatic carbocycles. The molecular formula is C21H41N9. The summed E-state index contributed by atoms with van der Waals surface area (Å²) in [7, 11) is 0. The van der Waals surface area contributed by atoms with Gasteiger partial charge in [0.15, 0.2) is 0 Å². The molecule has 0 amide bonds. The van der Waals surface area contributed by atoms with Gasteiger partial charge in [0, 0.05) is 83.7 Å². The van der Waals surface area contributed by atoms with Crippen LogP contribution >= 0.6 is 0 Å². The SMILES string of the molecule is Nc1ccc(CC2NCCNCC3(N)CNCCNCC2(N)CNCCNC3)cc1. The van der Waals surface area contributed by atoms with Crippen molar-refractivity contribution in [3.8, 4) is 0 Å². The summed E-state index contributed by atoms with van der Waals surface area (Å²) in [4.78, 5) is 0. The van der Waals surface area contributed by atoms with Crippen LogP contribution in [0.5, 0.6) is 0 Å². The molecule has 30 heavy (non-hydrogen) atoms. The lowest BCUT2D eigenvalue weighted by atomic mass is 9.85. The van der Waals surface area contributed by atoms with Crippen molar-refractivity contribution in [2.75, 3.05) is 77.7 Å². The Morgan fingerprint density at radius 3 is 1.70 bits per heavy atom. The minimum Gasteiger partial charge on any atom is -0.399 e. The molecule has 3 saturated heterocycles. The molecule has 12 N–H and O–H groups in total. The Bertz CT molecular complexity index is 605. The molecule has 0 aliphatic carbocycles. The molecule has 0 radical (unpaired) electrons. The van der Waals surface area contributed by atoms with E-state index < -0.39 is 5.54 Å². The second-order valence-electron chi connectivity index (χ2n) is 8.93. The van der Waals surface area contributed by atoms with Crippen LogP contribution in [0.3, 0.4) is 0 Å². The van der Waals surface area contributed by atoms with Gasteiger partial charge in [-0.3, -0.25) is 0 Å². The Hall–Kier alpha value is -1.30. The van der Waals surface area contributed by atoms with E-state index in [1.165, 1.54) is 5.56 Å². The lowest BCUT2D eigenvalue weighted by Crippen LogP contribution is -2.69. The van der Waals surface area contributed by atoms with Crippen LogP contribution in [0.25, 0.3) is 0 Å². The summed E-state index contributed by atoms with van der Waals surface area (Å²) in [5, 5.41) is 21.4. The van der Waals surface area contributed by atoms with Crippen LogP contribution < -0.4 is 49.1 Å². The molecule has 4 rings (SSSR count). The molecule has 3 heterocycles. The number of hydrogen-bond acceptors (Lipinski definition) is 9. The van der Waals surface area contributed by atoms with Crippen molar-refractivity contribution in [1.29, 1.82) is 0 Å². The van der Waals surface area contributed by atoms with E-state index in [-0.39, 0.29) is 11.6 Å². The Labute approximate surface area is 180 Å². The molecule has 0 aromatic heterocycles. The number of nitrogens with one attached hydrogen (secondary N) is 6. The first-order chi connectivity index (χ1) is 14.5. The van der Waals surface area contributed by atoms with Gasteiger partial charge < -0.3 is 49.1 Å². The molecule has 3 aliphatic heterocycles. The molecule has 1 atom stereocenters. The lowest BCUT2D eigenvalue weighted by molar-refractivity contribution is 0.259. The van der Waals surface area contributed by atoms with E-state index in [0.717, 1.165) is 84.1 Å². The highest BCUT2D eigenvalue weighted by Crippen LogP contribution is 2.15. The number of rotatable bonds is 2. The van der Waals surface area contributed by atoms with Crippen molar-refractivity contribution in [3.63, 3.8) is 0 Å². The molecule has 9 nitrogen and oxygen atoms in total. The van der Waals surface area contributed by atoms with Crippen molar-refractivity contribution in [2.24, 2.45) is 11.5 Å². The predicted octanol–water partition coefficient (Wildman–Crippen LogP) is -2.86. The molecule has 2 bridgehead atoms. The van der Waals surface area contributed by atoms with Gasteiger partial charge in [0.25, 0.3) is 0 Å². The van der Waals surface area contributed by atoms with Crippen molar-refractivity contribution < 1.29 is 0 Å². The highest BCUT2D eigenvalue weighted by molar-refractivity contribution is 5.39. The summed E-state index contributed by atoms with van der Waals surface area (Å²) >= 11 is 0. The van der Waals surface area contributed by atoms with Crippen LogP contribution in [0.2, 0.25) is 0 Å². The smallest absolute Gasteiger partial charge is 0.0565 e. The van der Waals surface area contributed by atoms with E-state index in [4.69, 9.17) is 17.2 Å². The maximum atomic E-state index is 7.05. The number of nitrogen functional groups attached to an aromatic ring is 1. The Kier molecular flexibility index (Phi) is 8.84. The summed E-state index contributed by atoms with van der Waals surface area (Å²) in [6.45, 7) is 8.83. The van der Waals surface area contributed by atoms with Crippen molar-refractivity contribution >= 4 is 5.69 Å². The van der Waals surface area contributed by atoms with Crippen molar-refractivity contribution in [2.45, 2.75) is 23.5 Å². The van der Waals surface area contributed by atoms with Gasteiger partial charge in [-0.2, -0.15) is 0 Å². The zero-order valence-electron chi connectivity index (χ0n) is 18.1. The first-order valence-electron chi connectivity index (χ1n) is 11.2. The number of fused-ring (bicyclic) bond motifs is 15. The maximum Gasteiger partial charge on any atom is 0.0565 e. The average Bonchev–Trinajstić information content (AvgIpc) is 2.73. The lowest BCUT2D eigenvalue weighted by Gasteiger charge is -2.40. The van der Waals surface area contributed by atoms with E-state index >= 15 is 0 Å². The topological polar surface area (TPSA) is 150 Å². The first-order valence-corrected chi connectivity index (χ1v) is 11.2. The van der Waals surface area contributed by atoms with Gasteiger partial charge in [-0.1, -0.05) is 12.1 Å². The van der Waals surface area contributed by atoms with E-state index in [1.807, 2.05) is 12.1 Å². The number of anilines is 1. The first kappa shape index (κ1) is 23.4. The van der Waals surface area contributed by atoms with Gasteiger partial charge in [-0.25, -0.2) is 0 Å². The molecule has 1 unspecified atom stereocenters. The maximum absolute atomic E-state index is 7.05. The predicted molar refractivity (Wildman–Crippen MR) is 125 cm³/mol. The quantitative estimate of drug-likeness (QED) is 0.231. The summed E-state index contributed by atoms with van der Waals surface area (Å²) in [6.07, 6.45) is 0.845. The minimum atomic E-state index is -0.437. The molecule has 3 fully saturated rings. The zero-order valence-corrected chi connectivity index (χ0v) is 18.1. The molecule has 3 aliphatic rings.